The van der Waals surface area contributed by atoms with Gasteiger partial charge in [0.1, 0.15) is 11.4 Å². The summed E-state index contributed by atoms with van der Waals surface area (Å²) >= 11 is 0. The van der Waals surface area contributed by atoms with E-state index >= 15 is 4.39 Å². The van der Waals surface area contributed by atoms with Crippen molar-refractivity contribution in [1.29, 1.82) is 0 Å². The minimum Gasteiger partial charge on any atom is -0.496 e. The van der Waals surface area contributed by atoms with Gasteiger partial charge in [-0.05, 0) is 77.1 Å². The Morgan fingerprint density at radius 1 is 1.04 bits per heavy atom. The number of halogens is 1. The average Bonchev–Trinajstić information content (AvgIpc) is 3.36. The van der Waals surface area contributed by atoms with Gasteiger partial charge in [-0.1, -0.05) is 12.1 Å². The number of piperidine rings is 1. The van der Waals surface area contributed by atoms with Gasteiger partial charge in [-0.25, -0.2) is 14.4 Å². The lowest BCUT2D eigenvalue weighted by atomic mass is 10.0. The molecule has 2 saturated heterocycles. The number of aliphatic hydroxyl groups is 1. The molecule has 2 aliphatic rings. The summed E-state index contributed by atoms with van der Waals surface area (Å²) in [5.41, 5.74) is 2.27. The molecule has 0 radical (unpaired) electrons. The number of hydrogen-bond donors (Lipinski definition) is 2. The molecule has 2 aliphatic heterocycles. The zero-order chi connectivity index (χ0) is 32.6. The van der Waals surface area contributed by atoms with Gasteiger partial charge >= 0.3 is 0 Å². The van der Waals surface area contributed by atoms with Crippen molar-refractivity contribution in [3.63, 3.8) is 0 Å². The first-order valence-electron chi connectivity index (χ1n) is 16.0. The second kappa shape index (κ2) is 13.0. The van der Waals surface area contributed by atoms with Gasteiger partial charge in [-0.2, -0.15) is 0 Å². The summed E-state index contributed by atoms with van der Waals surface area (Å²) in [6.07, 6.45) is 2.22. The Morgan fingerprint density at radius 3 is 2.46 bits per heavy atom. The van der Waals surface area contributed by atoms with E-state index in [9.17, 15) is 9.90 Å². The third-order valence-electron chi connectivity index (χ3n) is 9.08. The van der Waals surface area contributed by atoms with Gasteiger partial charge in [0.25, 0.3) is 5.91 Å². The highest BCUT2D eigenvalue weighted by molar-refractivity contribution is 6.05. The number of aromatic nitrogens is 3. The number of piperazine rings is 1. The fourth-order valence-corrected chi connectivity index (χ4v) is 6.64. The lowest BCUT2D eigenvalue weighted by Crippen LogP contribution is -2.52. The van der Waals surface area contributed by atoms with E-state index in [1.165, 1.54) is 13.2 Å². The van der Waals surface area contributed by atoms with Crippen LogP contribution in [0.3, 0.4) is 0 Å². The van der Waals surface area contributed by atoms with Gasteiger partial charge < -0.3 is 24.2 Å². The molecule has 2 aromatic carbocycles. The molecule has 2 N–H and O–H groups in total. The number of anilines is 2. The Bertz CT molecular complexity index is 1720. The van der Waals surface area contributed by atoms with Crippen LogP contribution in [0, 0.1) is 12.7 Å². The van der Waals surface area contributed by atoms with E-state index in [4.69, 9.17) is 9.72 Å². The van der Waals surface area contributed by atoms with Crippen molar-refractivity contribution in [1.82, 2.24) is 24.3 Å². The van der Waals surface area contributed by atoms with Crippen molar-refractivity contribution >= 4 is 28.6 Å². The number of para-hydroxylation sites is 1. The van der Waals surface area contributed by atoms with E-state index in [0.29, 0.717) is 28.6 Å². The molecule has 46 heavy (non-hydrogen) atoms. The number of pyridine rings is 1. The van der Waals surface area contributed by atoms with E-state index in [0.717, 1.165) is 63.3 Å². The molecule has 4 heterocycles. The van der Waals surface area contributed by atoms with Crippen molar-refractivity contribution < 1.29 is 19.0 Å². The van der Waals surface area contributed by atoms with Gasteiger partial charge in [-0.3, -0.25) is 15.0 Å². The molecule has 4 aromatic rings. The standard InChI is InChI=1S/C35H44FN7O3/c1-23-20-27(31(36)32(37-23)26-8-6-7-9-30(26)46-5)33(44)39-34-38-28-11-10-25(21-29(28)43(34)22-35(2,3)45)41-14-12-24(13-15-41)42-18-16-40(4)17-19-42/h6-11,20-21,24,45H,12-19,22H2,1-5H3,(H,38,39,44). The van der Waals surface area contributed by atoms with Crippen molar-refractivity contribution in [2.45, 2.75) is 51.8 Å². The third kappa shape index (κ3) is 6.72. The number of hydrogen-bond acceptors (Lipinski definition) is 8. The van der Waals surface area contributed by atoms with E-state index in [2.05, 4.69) is 44.2 Å². The van der Waals surface area contributed by atoms with Gasteiger partial charge in [0.2, 0.25) is 5.95 Å². The van der Waals surface area contributed by atoms with Crippen LogP contribution in [0.4, 0.5) is 16.0 Å². The Labute approximate surface area is 269 Å². The number of carbonyl (C=O) groups excluding carboxylic acids is 1. The SMILES string of the molecule is COc1ccccc1-c1nc(C)cc(C(=O)Nc2nc3ccc(N4CCC(N5CCN(C)CC5)CC4)cc3n2CC(C)(C)O)c1F. The van der Waals surface area contributed by atoms with Gasteiger partial charge in [-0.15, -0.1) is 0 Å². The highest BCUT2D eigenvalue weighted by Gasteiger charge is 2.28. The van der Waals surface area contributed by atoms with Crippen molar-refractivity contribution in [3.8, 4) is 17.0 Å². The highest BCUT2D eigenvalue weighted by atomic mass is 19.1. The monoisotopic (exact) mass is 629 g/mol. The normalized spacial score (nSPS) is 17.1. The number of methoxy groups -OCH3 is 1. The maximum absolute atomic E-state index is 15.9. The first kappa shape index (κ1) is 31.9. The van der Waals surface area contributed by atoms with Crippen molar-refractivity contribution in [2.75, 3.05) is 63.6 Å². The second-order valence-electron chi connectivity index (χ2n) is 13.2. The summed E-state index contributed by atoms with van der Waals surface area (Å²) in [6, 6.07) is 15.1. The van der Waals surface area contributed by atoms with Crippen LogP contribution >= 0.6 is 0 Å². The third-order valence-corrected chi connectivity index (χ3v) is 9.08. The van der Waals surface area contributed by atoms with Crippen LogP contribution in [-0.2, 0) is 6.54 Å². The fraction of sp³-hybridized carbons (Fsp3) is 0.457. The quantitative estimate of drug-likeness (QED) is 0.287. The molecule has 0 atom stereocenters. The van der Waals surface area contributed by atoms with Crippen molar-refractivity contribution in [3.05, 3.63) is 65.6 Å². The summed E-state index contributed by atoms with van der Waals surface area (Å²) in [5, 5.41) is 13.7. The predicted molar refractivity (Wildman–Crippen MR) is 179 cm³/mol. The van der Waals surface area contributed by atoms with E-state index in [1.807, 2.05) is 6.07 Å². The van der Waals surface area contributed by atoms with E-state index in [-0.39, 0.29) is 23.8 Å². The molecule has 11 heteroatoms. The van der Waals surface area contributed by atoms with Crippen LogP contribution in [0.2, 0.25) is 0 Å². The van der Waals surface area contributed by atoms with Crippen LogP contribution in [0.15, 0.2) is 48.5 Å². The molecular weight excluding hydrogens is 585 g/mol. The minimum absolute atomic E-state index is 0.0358. The summed E-state index contributed by atoms with van der Waals surface area (Å²) < 4.78 is 23.2. The van der Waals surface area contributed by atoms with Crippen LogP contribution in [0.5, 0.6) is 5.75 Å². The Morgan fingerprint density at radius 2 is 1.76 bits per heavy atom. The number of ether oxygens (including phenoxy) is 1. The Kier molecular flexibility index (Phi) is 9.00. The predicted octanol–water partition coefficient (Wildman–Crippen LogP) is 4.79. The Hall–Kier alpha value is -4.06. The van der Waals surface area contributed by atoms with Gasteiger partial charge in [0.05, 0.1) is 35.9 Å². The molecular formula is C35H44FN7O3. The van der Waals surface area contributed by atoms with E-state index in [1.54, 1.807) is 49.6 Å². The number of amides is 1. The molecule has 10 nitrogen and oxygen atoms in total. The topological polar surface area (TPSA) is 99.0 Å². The number of nitrogens with zero attached hydrogens (tertiary/aromatic N) is 6. The van der Waals surface area contributed by atoms with Gasteiger partial charge in [0.15, 0.2) is 5.82 Å². The fourth-order valence-electron chi connectivity index (χ4n) is 6.64. The second-order valence-corrected chi connectivity index (χ2v) is 13.2. The summed E-state index contributed by atoms with van der Waals surface area (Å²) in [4.78, 5) is 30.2. The largest absolute Gasteiger partial charge is 0.496 e. The number of aryl methyl sites for hydroxylation is 1. The number of carbonyl (C=O) groups is 1. The van der Waals surface area contributed by atoms with E-state index < -0.39 is 17.3 Å². The zero-order valence-electron chi connectivity index (χ0n) is 27.4. The smallest absolute Gasteiger partial charge is 0.261 e. The number of fused-ring (bicyclic) bond motifs is 1. The number of likely N-dealkylation sites (N-methyl/N-ethyl adjacent to an activating group) is 1. The van der Waals surface area contributed by atoms with Crippen LogP contribution in [-0.4, -0.2) is 100 Å². The number of benzene rings is 2. The molecule has 1 amide bonds. The molecule has 0 bridgehead atoms. The van der Waals surface area contributed by atoms with Crippen LogP contribution in [0.25, 0.3) is 22.3 Å². The number of imidazole rings is 1. The molecule has 0 unspecified atom stereocenters. The molecule has 0 saturated carbocycles. The lowest BCUT2D eigenvalue weighted by Gasteiger charge is -2.42. The first-order chi connectivity index (χ1) is 22.0. The maximum atomic E-state index is 15.9. The Balaban J connectivity index is 1.27. The average molecular weight is 630 g/mol. The maximum Gasteiger partial charge on any atom is 0.261 e. The van der Waals surface area contributed by atoms with Crippen molar-refractivity contribution in [2.24, 2.45) is 0 Å². The lowest BCUT2D eigenvalue weighted by molar-refractivity contribution is 0.0630. The zero-order valence-corrected chi connectivity index (χ0v) is 27.4. The summed E-state index contributed by atoms with van der Waals surface area (Å²) in [7, 11) is 3.70. The molecule has 2 fully saturated rings. The number of nitrogens with one attached hydrogen (secondary N) is 1. The molecule has 0 aliphatic carbocycles. The molecule has 244 valence electrons. The molecule has 6 rings (SSSR count). The summed E-state index contributed by atoms with van der Waals surface area (Å²) in [6.45, 7) is 11.7. The van der Waals surface area contributed by atoms with Crippen LogP contribution < -0.4 is 15.0 Å². The molecule has 0 spiro atoms. The van der Waals surface area contributed by atoms with Crippen LogP contribution in [0.1, 0.15) is 42.7 Å². The minimum atomic E-state index is -1.10. The number of rotatable bonds is 8. The first-order valence-corrected chi connectivity index (χ1v) is 16.0. The van der Waals surface area contributed by atoms with Gasteiger partial charge in [0, 0.05) is 62.3 Å². The summed E-state index contributed by atoms with van der Waals surface area (Å²) in [5.74, 6) is -0.712. The molecule has 2 aromatic heterocycles. The highest BCUT2D eigenvalue weighted by Crippen LogP contribution is 2.33.